The Morgan fingerprint density at radius 2 is 2.27 bits per heavy atom. The molecule has 0 spiro atoms. The Kier molecular flexibility index (Phi) is 3.71. The van der Waals surface area contributed by atoms with Gasteiger partial charge in [-0.2, -0.15) is 4.98 Å². The highest BCUT2D eigenvalue weighted by molar-refractivity contribution is 7.09. The molecule has 0 saturated carbocycles. The highest BCUT2D eigenvalue weighted by Gasteiger charge is 2.41. The maximum absolute atomic E-state index is 6.19. The number of piperidine rings is 1. The van der Waals surface area contributed by atoms with E-state index < -0.39 is 0 Å². The second kappa shape index (κ2) is 5.72. The van der Waals surface area contributed by atoms with E-state index in [1.807, 2.05) is 13.8 Å². The van der Waals surface area contributed by atoms with Crippen LogP contribution < -0.4 is 0 Å². The molecular weight excluding hydrogens is 300 g/mol. The molecule has 0 amide bonds. The van der Waals surface area contributed by atoms with Crippen molar-refractivity contribution in [3.05, 3.63) is 27.8 Å². The highest BCUT2D eigenvalue weighted by Crippen LogP contribution is 2.40. The number of thiazole rings is 1. The predicted octanol–water partition coefficient (Wildman–Crippen LogP) is 2.50. The Hall–Kier alpha value is -1.31. The summed E-state index contributed by atoms with van der Waals surface area (Å²) in [6.45, 7) is 6.87. The lowest BCUT2D eigenvalue weighted by molar-refractivity contribution is -0.0126. The minimum Gasteiger partial charge on any atom is -0.365 e. The van der Waals surface area contributed by atoms with Crippen LogP contribution in [0.1, 0.15) is 41.4 Å². The van der Waals surface area contributed by atoms with Crippen molar-refractivity contribution in [1.29, 1.82) is 0 Å². The molecule has 4 rings (SSSR count). The smallest absolute Gasteiger partial charge is 0.223 e. The van der Waals surface area contributed by atoms with Gasteiger partial charge in [-0.25, -0.2) is 4.98 Å². The second-order valence-electron chi connectivity index (χ2n) is 6.24. The third kappa shape index (κ3) is 2.80. The molecule has 3 atom stereocenters. The summed E-state index contributed by atoms with van der Waals surface area (Å²) in [5.74, 6) is 1.92. The van der Waals surface area contributed by atoms with E-state index in [0.717, 1.165) is 31.7 Å². The molecular formula is C15H20N4O2S. The van der Waals surface area contributed by atoms with E-state index in [1.165, 1.54) is 11.4 Å². The molecule has 0 unspecified atom stereocenters. The van der Waals surface area contributed by atoms with Crippen LogP contribution in [0.15, 0.2) is 9.90 Å². The maximum atomic E-state index is 6.19. The fraction of sp³-hybridized carbons (Fsp3) is 0.667. The number of fused-ring (bicyclic) bond motifs is 1. The molecule has 2 fully saturated rings. The van der Waals surface area contributed by atoms with Crippen LogP contribution in [0.4, 0.5) is 0 Å². The van der Waals surface area contributed by atoms with Crippen molar-refractivity contribution < 1.29 is 9.26 Å². The summed E-state index contributed by atoms with van der Waals surface area (Å²) < 4.78 is 11.3. The predicted molar refractivity (Wildman–Crippen MR) is 81.5 cm³/mol. The first kappa shape index (κ1) is 14.3. The van der Waals surface area contributed by atoms with Crippen LogP contribution >= 0.6 is 11.3 Å². The molecule has 2 aliphatic heterocycles. The molecule has 118 valence electrons. The van der Waals surface area contributed by atoms with Crippen LogP contribution in [0.3, 0.4) is 0 Å². The van der Waals surface area contributed by atoms with Gasteiger partial charge in [-0.1, -0.05) is 5.16 Å². The lowest BCUT2D eigenvalue weighted by Gasteiger charge is -2.33. The first-order valence-electron chi connectivity index (χ1n) is 7.76. The van der Waals surface area contributed by atoms with Crippen molar-refractivity contribution >= 4 is 11.3 Å². The Morgan fingerprint density at radius 3 is 3.00 bits per heavy atom. The molecule has 0 radical (unpaired) electrons. The summed E-state index contributed by atoms with van der Waals surface area (Å²) >= 11 is 1.74. The minimum atomic E-state index is -0.00509. The van der Waals surface area contributed by atoms with E-state index in [9.17, 15) is 0 Å². The minimum absolute atomic E-state index is 0.00509. The molecule has 2 aliphatic rings. The van der Waals surface area contributed by atoms with Gasteiger partial charge in [-0.05, 0) is 32.2 Å². The molecule has 7 heteroatoms. The van der Waals surface area contributed by atoms with Crippen molar-refractivity contribution in [2.45, 2.75) is 45.4 Å². The van der Waals surface area contributed by atoms with Gasteiger partial charge in [0.25, 0.3) is 0 Å². The number of rotatable bonds is 3. The van der Waals surface area contributed by atoms with Crippen molar-refractivity contribution in [3.8, 4) is 0 Å². The van der Waals surface area contributed by atoms with Crippen molar-refractivity contribution in [2.75, 3.05) is 13.1 Å². The van der Waals surface area contributed by atoms with Crippen LogP contribution in [-0.2, 0) is 11.3 Å². The molecule has 0 aromatic carbocycles. The lowest BCUT2D eigenvalue weighted by Crippen LogP contribution is -2.41. The first-order valence-corrected chi connectivity index (χ1v) is 8.64. The number of nitrogens with zero attached hydrogens (tertiary/aromatic N) is 4. The number of aromatic nitrogens is 3. The van der Waals surface area contributed by atoms with E-state index in [2.05, 4.69) is 25.4 Å². The van der Waals surface area contributed by atoms with Gasteiger partial charge in [-0.3, -0.25) is 4.90 Å². The third-order valence-corrected chi connectivity index (χ3v) is 5.44. The Labute approximate surface area is 133 Å². The number of likely N-dealkylation sites (tertiary alicyclic amines) is 1. The molecule has 2 saturated heterocycles. The Morgan fingerprint density at radius 1 is 1.36 bits per heavy atom. The maximum Gasteiger partial charge on any atom is 0.223 e. The van der Waals surface area contributed by atoms with Crippen molar-refractivity contribution in [1.82, 2.24) is 20.0 Å². The average molecular weight is 320 g/mol. The zero-order chi connectivity index (χ0) is 15.1. The fourth-order valence-corrected chi connectivity index (χ4v) is 4.23. The van der Waals surface area contributed by atoms with Gasteiger partial charge in [0.2, 0.25) is 11.7 Å². The largest absolute Gasteiger partial charge is 0.365 e. The van der Waals surface area contributed by atoms with Gasteiger partial charge in [0.1, 0.15) is 11.1 Å². The van der Waals surface area contributed by atoms with Gasteiger partial charge in [0, 0.05) is 24.5 Å². The van der Waals surface area contributed by atoms with Crippen LogP contribution in [-0.4, -0.2) is 39.2 Å². The second-order valence-corrected chi connectivity index (χ2v) is 7.18. The van der Waals surface area contributed by atoms with Crippen LogP contribution in [0.2, 0.25) is 0 Å². The topological polar surface area (TPSA) is 64.3 Å². The summed E-state index contributed by atoms with van der Waals surface area (Å²) in [5.41, 5.74) is 1.11. The van der Waals surface area contributed by atoms with E-state index in [0.29, 0.717) is 17.6 Å². The monoisotopic (exact) mass is 320 g/mol. The standard InChI is InChI=1S/C15H20N4O2S/c1-9-8-22-14(16-9)7-19-4-3-11-5-12(20-13(11)6-19)15-17-10(2)21-18-15/h8,11-13H,3-7H2,1-2H3/t11-,12+,13+/m0/s1. The summed E-state index contributed by atoms with van der Waals surface area (Å²) in [6, 6.07) is 0. The summed E-state index contributed by atoms with van der Waals surface area (Å²) in [4.78, 5) is 11.3. The van der Waals surface area contributed by atoms with Crippen LogP contribution in [0, 0.1) is 19.8 Å². The molecule has 4 heterocycles. The molecule has 6 nitrogen and oxygen atoms in total. The normalized spacial score (nSPS) is 28.9. The van der Waals surface area contributed by atoms with Gasteiger partial charge in [0.15, 0.2) is 0 Å². The van der Waals surface area contributed by atoms with E-state index in [1.54, 1.807) is 11.3 Å². The highest BCUT2D eigenvalue weighted by atomic mass is 32.1. The van der Waals surface area contributed by atoms with Gasteiger partial charge in [-0.15, -0.1) is 11.3 Å². The first-order chi connectivity index (χ1) is 10.7. The number of hydrogen-bond donors (Lipinski definition) is 0. The number of ether oxygens (including phenoxy) is 1. The fourth-order valence-electron chi connectivity index (χ4n) is 3.42. The van der Waals surface area contributed by atoms with E-state index in [4.69, 9.17) is 9.26 Å². The summed E-state index contributed by atoms with van der Waals surface area (Å²) in [5, 5.41) is 7.32. The van der Waals surface area contributed by atoms with Crippen molar-refractivity contribution in [3.63, 3.8) is 0 Å². The zero-order valence-electron chi connectivity index (χ0n) is 12.9. The molecule has 0 bridgehead atoms. The SMILES string of the molecule is Cc1csc(CN2CC[C@H]3C[C@H](c4noc(C)n4)O[C@@H]3C2)n1. The molecule has 2 aromatic heterocycles. The van der Waals surface area contributed by atoms with Crippen LogP contribution in [0.25, 0.3) is 0 Å². The average Bonchev–Trinajstić information content (AvgIpc) is 3.18. The van der Waals surface area contributed by atoms with Crippen LogP contribution in [0.5, 0.6) is 0 Å². The molecule has 0 aliphatic carbocycles. The number of aryl methyl sites for hydroxylation is 2. The summed E-state index contributed by atoms with van der Waals surface area (Å²) in [6.07, 6.45) is 2.45. The molecule has 0 N–H and O–H groups in total. The molecule has 2 aromatic rings. The van der Waals surface area contributed by atoms with Gasteiger partial charge < -0.3 is 9.26 Å². The molecule has 22 heavy (non-hydrogen) atoms. The Balaban J connectivity index is 1.39. The summed E-state index contributed by atoms with van der Waals surface area (Å²) in [7, 11) is 0. The zero-order valence-corrected chi connectivity index (χ0v) is 13.7. The number of hydrogen-bond acceptors (Lipinski definition) is 7. The third-order valence-electron chi connectivity index (χ3n) is 4.49. The van der Waals surface area contributed by atoms with Gasteiger partial charge in [0.05, 0.1) is 12.6 Å². The Bertz CT molecular complexity index is 656. The quantitative estimate of drug-likeness (QED) is 0.866. The van der Waals surface area contributed by atoms with Gasteiger partial charge >= 0.3 is 0 Å². The van der Waals surface area contributed by atoms with Crippen molar-refractivity contribution in [2.24, 2.45) is 5.92 Å². The van der Waals surface area contributed by atoms with E-state index in [-0.39, 0.29) is 12.2 Å². The van der Waals surface area contributed by atoms with E-state index >= 15 is 0 Å². The lowest BCUT2D eigenvalue weighted by atomic mass is 9.92.